The molecule has 3 rings (SSSR count). The Bertz CT molecular complexity index is 757. The lowest BCUT2D eigenvalue weighted by atomic mass is 10.2. The summed E-state index contributed by atoms with van der Waals surface area (Å²) >= 11 is 0. The quantitative estimate of drug-likeness (QED) is 0.863. The van der Waals surface area contributed by atoms with E-state index >= 15 is 0 Å². The first-order valence-electron chi connectivity index (χ1n) is 8.02. The molecule has 1 atom stereocenters. The van der Waals surface area contributed by atoms with Gasteiger partial charge in [-0.05, 0) is 38.1 Å². The fraction of sp³-hybridized carbons (Fsp3) is 0.500. The van der Waals surface area contributed by atoms with Crippen LogP contribution in [0.15, 0.2) is 29.1 Å². The molecular weight excluding hydrogens is 294 g/mol. The van der Waals surface area contributed by atoms with Crippen molar-refractivity contribution < 1.29 is 4.79 Å². The highest BCUT2D eigenvalue weighted by molar-refractivity contribution is 5.78. The molecule has 1 amide bonds. The highest BCUT2D eigenvalue weighted by Gasteiger charge is 2.23. The summed E-state index contributed by atoms with van der Waals surface area (Å²) in [6.07, 6.45) is 2.27. The van der Waals surface area contributed by atoms with Crippen molar-refractivity contribution in [1.82, 2.24) is 25.2 Å². The Hall–Kier alpha value is -2.28. The molecule has 1 N–H and O–H groups in total. The number of benzene rings is 1. The number of hydrogen-bond donors (Lipinski definition) is 1. The van der Waals surface area contributed by atoms with E-state index in [9.17, 15) is 9.59 Å². The number of nitrogens with one attached hydrogen (secondary N) is 1. The number of rotatable bonds is 5. The zero-order valence-electron chi connectivity index (χ0n) is 13.2. The van der Waals surface area contributed by atoms with Crippen LogP contribution in [0, 0.1) is 0 Å². The molecule has 1 aromatic heterocycles. The molecule has 1 fully saturated rings. The van der Waals surface area contributed by atoms with Crippen molar-refractivity contribution in [2.24, 2.45) is 0 Å². The van der Waals surface area contributed by atoms with E-state index in [0.717, 1.165) is 24.2 Å². The molecule has 23 heavy (non-hydrogen) atoms. The van der Waals surface area contributed by atoms with Crippen LogP contribution in [0.25, 0.3) is 10.9 Å². The first kappa shape index (κ1) is 15.6. The minimum absolute atomic E-state index is 0.102. The van der Waals surface area contributed by atoms with Gasteiger partial charge in [0.15, 0.2) is 0 Å². The van der Waals surface area contributed by atoms with Crippen LogP contribution in [-0.4, -0.2) is 51.5 Å². The average molecular weight is 315 g/mol. The van der Waals surface area contributed by atoms with Crippen molar-refractivity contribution in [2.45, 2.75) is 32.4 Å². The normalized spacial score (nSPS) is 18.4. The Morgan fingerprint density at radius 2 is 2.22 bits per heavy atom. The molecule has 1 saturated heterocycles. The van der Waals surface area contributed by atoms with Crippen LogP contribution in [-0.2, 0) is 11.3 Å². The second-order valence-electron chi connectivity index (χ2n) is 5.80. The van der Waals surface area contributed by atoms with Crippen molar-refractivity contribution in [3.05, 3.63) is 34.6 Å². The predicted octanol–water partition coefficient (Wildman–Crippen LogP) is 0.392. The SMILES string of the molecule is CCN1CCC[C@H]1CNC(=O)Cn1nnc2ccccc2c1=O. The molecule has 0 spiro atoms. The van der Waals surface area contributed by atoms with Crippen LogP contribution >= 0.6 is 0 Å². The Labute approximate surface area is 134 Å². The smallest absolute Gasteiger partial charge is 0.278 e. The molecule has 1 aliphatic heterocycles. The third kappa shape index (κ3) is 3.39. The van der Waals surface area contributed by atoms with Crippen LogP contribution in [0.3, 0.4) is 0 Å². The minimum atomic E-state index is -0.290. The largest absolute Gasteiger partial charge is 0.353 e. The number of hydrogen-bond acceptors (Lipinski definition) is 5. The van der Waals surface area contributed by atoms with Gasteiger partial charge in [-0.25, -0.2) is 4.68 Å². The lowest BCUT2D eigenvalue weighted by Crippen LogP contribution is -2.42. The number of aromatic nitrogens is 3. The van der Waals surface area contributed by atoms with Gasteiger partial charge in [0, 0.05) is 12.6 Å². The molecule has 0 radical (unpaired) electrons. The van der Waals surface area contributed by atoms with Crippen molar-refractivity contribution in [3.8, 4) is 0 Å². The Balaban J connectivity index is 1.64. The van der Waals surface area contributed by atoms with Gasteiger partial charge in [0.1, 0.15) is 12.1 Å². The number of amides is 1. The first-order valence-corrected chi connectivity index (χ1v) is 8.02. The van der Waals surface area contributed by atoms with E-state index in [1.54, 1.807) is 24.3 Å². The van der Waals surface area contributed by atoms with E-state index in [-0.39, 0.29) is 18.0 Å². The van der Waals surface area contributed by atoms with Crippen molar-refractivity contribution >= 4 is 16.8 Å². The Morgan fingerprint density at radius 3 is 3.04 bits per heavy atom. The summed E-state index contributed by atoms with van der Waals surface area (Å²) in [4.78, 5) is 26.8. The summed E-state index contributed by atoms with van der Waals surface area (Å²) in [5, 5.41) is 11.2. The summed E-state index contributed by atoms with van der Waals surface area (Å²) in [5.74, 6) is -0.209. The molecule has 0 saturated carbocycles. The van der Waals surface area contributed by atoms with E-state index in [4.69, 9.17) is 0 Å². The maximum atomic E-state index is 12.3. The van der Waals surface area contributed by atoms with Crippen LogP contribution in [0.4, 0.5) is 0 Å². The number of likely N-dealkylation sites (N-methyl/N-ethyl adjacent to an activating group) is 1. The van der Waals surface area contributed by atoms with Crippen LogP contribution < -0.4 is 10.9 Å². The van der Waals surface area contributed by atoms with Gasteiger partial charge in [0.2, 0.25) is 5.91 Å². The van der Waals surface area contributed by atoms with Crippen LogP contribution in [0.2, 0.25) is 0 Å². The van der Waals surface area contributed by atoms with E-state index in [2.05, 4.69) is 27.5 Å². The Morgan fingerprint density at radius 1 is 1.39 bits per heavy atom. The zero-order chi connectivity index (χ0) is 16.2. The summed E-state index contributed by atoms with van der Waals surface area (Å²) in [6.45, 7) is 4.73. The molecule has 1 aromatic carbocycles. The molecule has 0 bridgehead atoms. The molecule has 0 aliphatic carbocycles. The molecule has 2 heterocycles. The van der Waals surface area contributed by atoms with Gasteiger partial charge in [0.25, 0.3) is 5.56 Å². The fourth-order valence-electron chi connectivity index (χ4n) is 3.09. The number of nitrogens with zero attached hydrogens (tertiary/aromatic N) is 4. The van der Waals surface area contributed by atoms with Gasteiger partial charge in [-0.15, -0.1) is 5.10 Å². The standard InChI is InChI=1S/C16H21N5O2/c1-2-20-9-5-6-12(20)10-17-15(22)11-21-16(23)13-7-3-4-8-14(13)18-19-21/h3-4,7-8,12H,2,5-6,9-11H2,1H3,(H,17,22)/t12-/m0/s1. The lowest BCUT2D eigenvalue weighted by Gasteiger charge is -2.22. The zero-order valence-corrected chi connectivity index (χ0v) is 13.2. The number of likely N-dealkylation sites (tertiary alicyclic amines) is 1. The van der Waals surface area contributed by atoms with Crippen molar-refractivity contribution in [2.75, 3.05) is 19.6 Å². The highest BCUT2D eigenvalue weighted by Crippen LogP contribution is 2.15. The van der Waals surface area contributed by atoms with Gasteiger partial charge < -0.3 is 5.32 Å². The third-order valence-corrected chi connectivity index (χ3v) is 4.36. The maximum Gasteiger partial charge on any atom is 0.278 e. The van der Waals surface area contributed by atoms with E-state index in [0.29, 0.717) is 23.5 Å². The van der Waals surface area contributed by atoms with Crippen molar-refractivity contribution in [1.29, 1.82) is 0 Å². The second-order valence-corrected chi connectivity index (χ2v) is 5.80. The van der Waals surface area contributed by atoms with Gasteiger partial charge in [-0.1, -0.05) is 24.3 Å². The monoisotopic (exact) mass is 315 g/mol. The van der Waals surface area contributed by atoms with Crippen LogP contribution in [0.5, 0.6) is 0 Å². The van der Waals surface area contributed by atoms with Gasteiger partial charge in [-0.3, -0.25) is 14.5 Å². The summed E-state index contributed by atoms with van der Waals surface area (Å²) in [5.41, 5.74) is 0.250. The first-order chi connectivity index (χ1) is 11.2. The maximum absolute atomic E-state index is 12.3. The molecule has 7 heteroatoms. The molecule has 122 valence electrons. The molecule has 0 unspecified atom stereocenters. The molecule has 7 nitrogen and oxygen atoms in total. The van der Waals surface area contributed by atoms with Gasteiger partial charge in [0.05, 0.1) is 5.39 Å². The Kier molecular flexibility index (Phi) is 4.66. The lowest BCUT2D eigenvalue weighted by molar-refractivity contribution is -0.122. The minimum Gasteiger partial charge on any atom is -0.353 e. The number of carbonyl (C=O) groups excluding carboxylic acids is 1. The summed E-state index contributed by atoms with van der Waals surface area (Å²) in [7, 11) is 0. The van der Waals surface area contributed by atoms with Gasteiger partial charge >= 0.3 is 0 Å². The topological polar surface area (TPSA) is 80.1 Å². The second kappa shape index (κ2) is 6.87. The van der Waals surface area contributed by atoms with E-state index in [1.807, 2.05) is 0 Å². The van der Waals surface area contributed by atoms with E-state index in [1.165, 1.54) is 6.42 Å². The van der Waals surface area contributed by atoms with Gasteiger partial charge in [-0.2, -0.15) is 0 Å². The molecule has 1 aliphatic rings. The van der Waals surface area contributed by atoms with E-state index < -0.39 is 0 Å². The summed E-state index contributed by atoms with van der Waals surface area (Å²) < 4.78 is 1.11. The highest BCUT2D eigenvalue weighted by atomic mass is 16.2. The number of fused-ring (bicyclic) bond motifs is 1. The third-order valence-electron chi connectivity index (χ3n) is 4.36. The van der Waals surface area contributed by atoms with Crippen molar-refractivity contribution in [3.63, 3.8) is 0 Å². The fourth-order valence-corrected chi connectivity index (χ4v) is 3.09. The molecular formula is C16H21N5O2. The average Bonchev–Trinajstić information content (AvgIpc) is 3.03. The van der Waals surface area contributed by atoms with Crippen LogP contribution in [0.1, 0.15) is 19.8 Å². The predicted molar refractivity (Wildman–Crippen MR) is 87.1 cm³/mol. The number of carbonyl (C=O) groups is 1. The molecule has 2 aromatic rings. The summed E-state index contributed by atoms with van der Waals surface area (Å²) in [6, 6.07) is 7.39.